The number of nitrogens with zero attached hydrogens (tertiary/aromatic N) is 1. The first-order chi connectivity index (χ1) is 10.2. The third kappa shape index (κ3) is 4.24. The Balaban J connectivity index is 1.73. The van der Waals surface area contributed by atoms with Gasteiger partial charge in [0.15, 0.2) is 5.82 Å². The van der Waals surface area contributed by atoms with Crippen LogP contribution in [0.25, 0.3) is 0 Å². The fourth-order valence-corrected chi connectivity index (χ4v) is 1.67. The molecule has 0 saturated heterocycles. The van der Waals surface area contributed by atoms with E-state index in [-0.39, 0.29) is 5.56 Å². The topological polar surface area (TPSA) is 51.2 Å². The van der Waals surface area contributed by atoms with Crippen molar-refractivity contribution < 1.29 is 18.3 Å². The number of aromatic nitrogens is 1. The zero-order valence-electron chi connectivity index (χ0n) is 11.2. The highest BCUT2D eigenvalue weighted by molar-refractivity contribution is 5.94. The maximum Gasteiger partial charge on any atom is 0.254 e. The molecule has 1 amide bonds. The molecule has 0 aliphatic carbocycles. The van der Waals surface area contributed by atoms with E-state index in [1.54, 1.807) is 0 Å². The van der Waals surface area contributed by atoms with Crippen LogP contribution < -0.4 is 10.1 Å². The fraction of sp³-hybridized carbons (Fsp3) is 0.200. The van der Waals surface area contributed by atoms with Crippen LogP contribution in [0.5, 0.6) is 5.75 Å². The largest absolute Gasteiger partial charge is 0.494 e. The molecule has 1 aromatic carbocycles. The van der Waals surface area contributed by atoms with Crippen molar-refractivity contribution in [1.29, 1.82) is 0 Å². The summed E-state index contributed by atoms with van der Waals surface area (Å²) in [5.74, 6) is -2.45. The van der Waals surface area contributed by atoms with Crippen LogP contribution in [-0.2, 0) is 0 Å². The third-order valence-corrected chi connectivity index (χ3v) is 2.71. The van der Waals surface area contributed by atoms with Crippen LogP contribution in [0.3, 0.4) is 0 Å². The van der Waals surface area contributed by atoms with Gasteiger partial charge < -0.3 is 10.1 Å². The first-order valence-electron chi connectivity index (χ1n) is 6.44. The number of benzene rings is 1. The molecule has 4 nitrogen and oxygen atoms in total. The molecule has 1 heterocycles. The van der Waals surface area contributed by atoms with Gasteiger partial charge in [-0.2, -0.15) is 4.39 Å². The van der Waals surface area contributed by atoms with E-state index in [0.717, 1.165) is 18.0 Å². The zero-order chi connectivity index (χ0) is 15.1. The van der Waals surface area contributed by atoms with Crippen molar-refractivity contribution in [2.24, 2.45) is 0 Å². The van der Waals surface area contributed by atoms with E-state index in [2.05, 4.69) is 10.3 Å². The van der Waals surface area contributed by atoms with Gasteiger partial charge in [-0.05, 0) is 24.6 Å². The Kier molecular flexibility index (Phi) is 5.20. The summed E-state index contributed by atoms with van der Waals surface area (Å²) in [6, 6.07) is 10.4. The predicted octanol–water partition coefficient (Wildman–Crippen LogP) is 2.56. The summed E-state index contributed by atoms with van der Waals surface area (Å²) in [6.45, 7) is 0.715. The first kappa shape index (κ1) is 14.9. The second-order valence-electron chi connectivity index (χ2n) is 4.23. The highest BCUT2D eigenvalue weighted by atomic mass is 19.2. The normalized spacial score (nSPS) is 10.2. The van der Waals surface area contributed by atoms with Crippen LogP contribution in [0.4, 0.5) is 8.78 Å². The Hall–Kier alpha value is -2.50. The molecule has 110 valence electrons. The summed E-state index contributed by atoms with van der Waals surface area (Å²) in [5, 5.41) is 2.50. The summed E-state index contributed by atoms with van der Waals surface area (Å²) in [5.41, 5.74) is -0.355. The smallest absolute Gasteiger partial charge is 0.254 e. The number of nitrogens with one attached hydrogen (secondary N) is 1. The molecule has 0 spiro atoms. The molecule has 0 aliphatic rings. The van der Waals surface area contributed by atoms with Gasteiger partial charge in [-0.3, -0.25) is 4.79 Å². The minimum atomic E-state index is -1.28. The fourth-order valence-electron chi connectivity index (χ4n) is 1.67. The maximum atomic E-state index is 13.3. The quantitative estimate of drug-likeness (QED) is 0.657. The average Bonchev–Trinajstić information content (AvgIpc) is 2.50. The minimum absolute atomic E-state index is 0.301. The summed E-state index contributed by atoms with van der Waals surface area (Å²) in [6.07, 6.45) is 1.60. The van der Waals surface area contributed by atoms with E-state index in [9.17, 15) is 13.6 Å². The maximum absolute atomic E-state index is 13.3. The van der Waals surface area contributed by atoms with Crippen molar-refractivity contribution >= 4 is 5.91 Å². The Morgan fingerprint density at radius 2 is 1.95 bits per heavy atom. The summed E-state index contributed by atoms with van der Waals surface area (Å²) in [4.78, 5) is 14.8. The highest BCUT2D eigenvalue weighted by Gasteiger charge is 2.15. The van der Waals surface area contributed by atoms with Crippen LogP contribution in [0.1, 0.15) is 16.8 Å². The van der Waals surface area contributed by atoms with Crippen LogP contribution in [0.2, 0.25) is 0 Å². The molecular weight excluding hydrogens is 278 g/mol. The lowest BCUT2D eigenvalue weighted by Crippen LogP contribution is -2.26. The standard InChI is InChI=1S/C15H14F2N2O2/c16-13-12(7-9-18-14(13)17)15(20)19-8-4-10-21-11-5-2-1-3-6-11/h1-3,5-7,9H,4,8,10H2,(H,19,20). The van der Waals surface area contributed by atoms with Crippen LogP contribution >= 0.6 is 0 Å². The number of hydrogen-bond acceptors (Lipinski definition) is 3. The van der Waals surface area contributed by atoms with Crippen molar-refractivity contribution in [3.05, 3.63) is 59.9 Å². The van der Waals surface area contributed by atoms with Crippen LogP contribution in [-0.4, -0.2) is 24.0 Å². The predicted molar refractivity (Wildman–Crippen MR) is 73.0 cm³/mol. The van der Waals surface area contributed by atoms with Gasteiger partial charge in [-0.25, -0.2) is 9.37 Å². The number of hydrogen-bond donors (Lipinski definition) is 1. The van der Waals surface area contributed by atoms with E-state index in [1.807, 2.05) is 30.3 Å². The van der Waals surface area contributed by atoms with Crippen molar-refractivity contribution in [1.82, 2.24) is 10.3 Å². The molecule has 6 heteroatoms. The van der Waals surface area contributed by atoms with Gasteiger partial charge >= 0.3 is 0 Å². The van der Waals surface area contributed by atoms with Crippen molar-refractivity contribution in [2.75, 3.05) is 13.2 Å². The van der Waals surface area contributed by atoms with Gasteiger partial charge in [0.2, 0.25) is 5.95 Å². The second kappa shape index (κ2) is 7.33. The van der Waals surface area contributed by atoms with Crippen molar-refractivity contribution in [2.45, 2.75) is 6.42 Å². The number of rotatable bonds is 6. The SMILES string of the molecule is O=C(NCCCOc1ccccc1)c1ccnc(F)c1F. The molecule has 0 radical (unpaired) electrons. The van der Waals surface area contributed by atoms with Crippen LogP contribution in [0.15, 0.2) is 42.6 Å². The van der Waals surface area contributed by atoms with E-state index in [4.69, 9.17) is 4.74 Å². The molecule has 1 N–H and O–H groups in total. The minimum Gasteiger partial charge on any atom is -0.494 e. The van der Waals surface area contributed by atoms with Gasteiger partial charge in [0.25, 0.3) is 5.91 Å². The van der Waals surface area contributed by atoms with Gasteiger partial charge in [0.1, 0.15) is 5.75 Å². The lowest BCUT2D eigenvalue weighted by Gasteiger charge is -2.07. The molecular formula is C15H14F2N2O2. The first-order valence-corrected chi connectivity index (χ1v) is 6.44. The van der Waals surface area contributed by atoms with Gasteiger partial charge in [-0.1, -0.05) is 18.2 Å². The van der Waals surface area contributed by atoms with Gasteiger partial charge in [0.05, 0.1) is 12.2 Å². The van der Waals surface area contributed by atoms with E-state index in [0.29, 0.717) is 19.6 Å². The van der Waals surface area contributed by atoms with Crippen molar-refractivity contribution in [3.8, 4) is 5.75 Å². The molecule has 2 rings (SSSR count). The molecule has 21 heavy (non-hydrogen) atoms. The molecule has 2 aromatic rings. The number of pyridine rings is 1. The molecule has 0 aliphatic heterocycles. The van der Waals surface area contributed by atoms with E-state index in [1.165, 1.54) is 0 Å². The monoisotopic (exact) mass is 292 g/mol. The number of halogens is 2. The van der Waals surface area contributed by atoms with E-state index >= 15 is 0 Å². The number of carbonyl (C=O) groups is 1. The Morgan fingerprint density at radius 1 is 1.19 bits per heavy atom. The molecule has 0 bridgehead atoms. The summed E-state index contributed by atoms with van der Waals surface area (Å²) in [7, 11) is 0. The lowest BCUT2D eigenvalue weighted by atomic mass is 10.2. The molecule has 0 fully saturated rings. The number of amides is 1. The Labute approximate surface area is 120 Å². The zero-order valence-corrected chi connectivity index (χ0v) is 11.2. The van der Waals surface area contributed by atoms with Gasteiger partial charge in [0, 0.05) is 12.7 Å². The Bertz CT molecular complexity index is 606. The highest BCUT2D eigenvalue weighted by Crippen LogP contribution is 2.09. The molecule has 0 atom stereocenters. The van der Waals surface area contributed by atoms with Crippen molar-refractivity contribution in [3.63, 3.8) is 0 Å². The van der Waals surface area contributed by atoms with E-state index < -0.39 is 17.7 Å². The number of para-hydroxylation sites is 1. The summed E-state index contributed by atoms with van der Waals surface area (Å²) < 4.78 is 31.7. The second-order valence-corrected chi connectivity index (χ2v) is 4.23. The average molecular weight is 292 g/mol. The molecule has 1 aromatic heterocycles. The third-order valence-electron chi connectivity index (χ3n) is 2.71. The lowest BCUT2D eigenvalue weighted by molar-refractivity contribution is 0.0946. The number of ether oxygens (including phenoxy) is 1. The molecule has 0 saturated carbocycles. The Morgan fingerprint density at radius 3 is 2.71 bits per heavy atom. The van der Waals surface area contributed by atoms with Crippen LogP contribution in [0, 0.1) is 11.8 Å². The van der Waals surface area contributed by atoms with Gasteiger partial charge in [-0.15, -0.1) is 0 Å². The molecule has 0 unspecified atom stereocenters. The number of carbonyl (C=O) groups excluding carboxylic acids is 1. The summed E-state index contributed by atoms with van der Waals surface area (Å²) >= 11 is 0.